The van der Waals surface area contributed by atoms with Crippen LogP contribution < -0.4 is 15.4 Å². The summed E-state index contributed by atoms with van der Waals surface area (Å²) in [6, 6.07) is 7.32. The van der Waals surface area contributed by atoms with Crippen LogP contribution in [0.3, 0.4) is 0 Å². The molecule has 0 aliphatic carbocycles. The van der Waals surface area contributed by atoms with E-state index in [4.69, 9.17) is 4.74 Å². The lowest BCUT2D eigenvalue weighted by molar-refractivity contribution is -0.118. The van der Waals surface area contributed by atoms with Crippen molar-refractivity contribution in [2.75, 3.05) is 24.7 Å². The van der Waals surface area contributed by atoms with Crippen LogP contribution >= 0.6 is 12.6 Å². The first-order valence-corrected chi connectivity index (χ1v) is 7.61. The van der Waals surface area contributed by atoms with E-state index in [-0.39, 0.29) is 17.6 Å². The largest absolute Gasteiger partial charge is 0.495 e. The molecule has 0 saturated carbocycles. The van der Waals surface area contributed by atoms with Gasteiger partial charge in [0, 0.05) is 13.0 Å². The van der Waals surface area contributed by atoms with Crippen molar-refractivity contribution in [3.8, 4) is 5.75 Å². The maximum atomic E-state index is 11.8. The molecule has 0 saturated heterocycles. The van der Waals surface area contributed by atoms with E-state index in [1.165, 1.54) is 0 Å². The molecule has 0 heterocycles. The lowest BCUT2D eigenvalue weighted by atomic mass is 10.2. The summed E-state index contributed by atoms with van der Waals surface area (Å²) < 4.78 is 5.18. The predicted molar refractivity (Wildman–Crippen MR) is 87.0 cm³/mol. The number of carbonyl (C=O) groups is 2. The topological polar surface area (TPSA) is 67.4 Å². The number of carbonyl (C=O) groups excluding carboxylic acids is 2. The molecule has 0 aliphatic heterocycles. The lowest BCUT2D eigenvalue weighted by Crippen LogP contribution is -2.25. The van der Waals surface area contributed by atoms with Crippen molar-refractivity contribution in [3.63, 3.8) is 0 Å². The molecule has 1 rings (SSSR count). The third kappa shape index (κ3) is 7.04. The second-order valence-electron chi connectivity index (χ2n) is 4.57. The summed E-state index contributed by atoms with van der Waals surface area (Å²) in [5.41, 5.74) is 0.686. The molecule has 2 amide bonds. The maximum absolute atomic E-state index is 11.8. The summed E-state index contributed by atoms with van der Waals surface area (Å²) in [5, 5.41) is 5.58. The Morgan fingerprint density at radius 1 is 1.14 bits per heavy atom. The van der Waals surface area contributed by atoms with Crippen molar-refractivity contribution in [3.05, 3.63) is 24.3 Å². The third-order valence-corrected chi connectivity index (χ3v) is 3.21. The van der Waals surface area contributed by atoms with Crippen LogP contribution in [0.5, 0.6) is 5.75 Å². The van der Waals surface area contributed by atoms with Crippen LogP contribution in [0.4, 0.5) is 5.69 Å². The molecule has 116 valence electrons. The molecule has 0 atom stereocenters. The van der Waals surface area contributed by atoms with E-state index < -0.39 is 0 Å². The second kappa shape index (κ2) is 10.1. The molecule has 21 heavy (non-hydrogen) atoms. The number of thiol groups is 1. The van der Waals surface area contributed by atoms with Crippen molar-refractivity contribution < 1.29 is 14.3 Å². The van der Waals surface area contributed by atoms with Gasteiger partial charge < -0.3 is 15.4 Å². The number of ether oxygens (including phenoxy) is 1. The third-order valence-electron chi connectivity index (χ3n) is 2.93. The van der Waals surface area contributed by atoms with Crippen LogP contribution in [-0.2, 0) is 9.59 Å². The Kier molecular flexibility index (Phi) is 8.35. The van der Waals surface area contributed by atoms with Gasteiger partial charge in [0.2, 0.25) is 11.8 Å². The van der Waals surface area contributed by atoms with Gasteiger partial charge in [-0.25, -0.2) is 0 Å². The standard InChI is InChI=1S/C15H22N2O3S/c1-20-13-8-5-4-7-12(13)17-14(18)9-3-2-6-10-16-15(19)11-21/h4-5,7-8,21H,2-3,6,9-11H2,1H3,(H,16,19)(H,17,18). The Balaban J connectivity index is 2.18. The first-order chi connectivity index (χ1) is 10.2. The molecule has 0 fully saturated rings. The Labute approximate surface area is 130 Å². The zero-order valence-electron chi connectivity index (χ0n) is 12.2. The van der Waals surface area contributed by atoms with Gasteiger partial charge in [0.25, 0.3) is 0 Å². The van der Waals surface area contributed by atoms with Crippen LogP contribution in [0.25, 0.3) is 0 Å². The highest BCUT2D eigenvalue weighted by molar-refractivity contribution is 7.81. The van der Waals surface area contributed by atoms with Gasteiger partial charge in [-0.05, 0) is 25.0 Å². The van der Waals surface area contributed by atoms with Crippen molar-refractivity contribution in [1.82, 2.24) is 5.32 Å². The highest BCUT2D eigenvalue weighted by atomic mass is 32.1. The minimum absolute atomic E-state index is 0.0288. The quantitative estimate of drug-likeness (QED) is 0.484. The van der Waals surface area contributed by atoms with Gasteiger partial charge in [-0.3, -0.25) is 9.59 Å². The van der Waals surface area contributed by atoms with Crippen LogP contribution in [0.2, 0.25) is 0 Å². The molecule has 0 spiro atoms. The summed E-state index contributed by atoms with van der Waals surface area (Å²) >= 11 is 3.87. The number of benzene rings is 1. The van der Waals surface area contributed by atoms with Crippen LogP contribution in [-0.4, -0.2) is 31.2 Å². The van der Waals surface area contributed by atoms with Crippen molar-refractivity contribution in [1.29, 1.82) is 0 Å². The number of anilines is 1. The molecule has 6 heteroatoms. The number of para-hydroxylation sites is 2. The predicted octanol–water partition coefficient (Wildman–Crippen LogP) is 2.24. The zero-order chi connectivity index (χ0) is 15.5. The Hall–Kier alpha value is -1.69. The number of methoxy groups -OCH3 is 1. The molecule has 0 bridgehead atoms. The number of amides is 2. The molecular formula is C15H22N2O3S. The Morgan fingerprint density at radius 3 is 2.62 bits per heavy atom. The van der Waals surface area contributed by atoms with Crippen LogP contribution in [0.1, 0.15) is 25.7 Å². The number of nitrogens with one attached hydrogen (secondary N) is 2. The Morgan fingerprint density at radius 2 is 1.90 bits per heavy atom. The second-order valence-corrected chi connectivity index (χ2v) is 4.88. The van der Waals surface area contributed by atoms with Crippen molar-refractivity contribution >= 4 is 30.1 Å². The monoisotopic (exact) mass is 310 g/mol. The van der Waals surface area contributed by atoms with E-state index in [1.54, 1.807) is 13.2 Å². The smallest absolute Gasteiger partial charge is 0.229 e. The zero-order valence-corrected chi connectivity index (χ0v) is 13.1. The number of hydrogen-bond acceptors (Lipinski definition) is 4. The van der Waals surface area contributed by atoms with Gasteiger partial charge in [0.15, 0.2) is 0 Å². The SMILES string of the molecule is COc1ccccc1NC(=O)CCCCCNC(=O)CS. The molecule has 1 aromatic rings. The van der Waals surface area contributed by atoms with Gasteiger partial charge in [-0.15, -0.1) is 0 Å². The summed E-state index contributed by atoms with van der Waals surface area (Å²) in [6.45, 7) is 0.632. The van der Waals surface area contributed by atoms with E-state index in [0.29, 0.717) is 24.4 Å². The highest BCUT2D eigenvalue weighted by Gasteiger charge is 2.06. The van der Waals surface area contributed by atoms with Gasteiger partial charge in [-0.2, -0.15) is 12.6 Å². The van der Waals surface area contributed by atoms with Gasteiger partial charge >= 0.3 is 0 Å². The highest BCUT2D eigenvalue weighted by Crippen LogP contribution is 2.23. The number of rotatable bonds is 9. The van der Waals surface area contributed by atoms with Crippen molar-refractivity contribution in [2.45, 2.75) is 25.7 Å². The number of hydrogen-bond donors (Lipinski definition) is 3. The summed E-state index contributed by atoms with van der Waals surface area (Å²) in [6.07, 6.45) is 3.00. The summed E-state index contributed by atoms with van der Waals surface area (Å²) in [4.78, 5) is 22.8. The molecule has 0 aromatic heterocycles. The fraction of sp³-hybridized carbons (Fsp3) is 0.467. The van der Waals surface area contributed by atoms with Gasteiger partial charge in [0.05, 0.1) is 18.6 Å². The fourth-order valence-corrected chi connectivity index (χ4v) is 1.94. The van der Waals surface area contributed by atoms with E-state index in [9.17, 15) is 9.59 Å². The fourth-order valence-electron chi connectivity index (χ4n) is 1.83. The van der Waals surface area contributed by atoms with Crippen LogP contribution in [0.15, 0.2) is 24.3 Å². The summed E-state index contributed by atoms with van der Waals surface area (Å²) in [7, 11) is 1.57. The van der Waals surface area contributed by atoms with Gasteiger partial charge in [-0.1, -0.05) is 18.6 Å². The van der Waals surface area contributed by atoms with E-state index in [2.05, 4.69) is 23.3 Å². The molecule has 0 aliphatic rings. The average molecular weight is 310 g/mol. The molecule has 1 aromatic carbocycles. The number of unbranched alkanes of at least 4 members (excludes halogenated alkanes) is 2. The molecule has 5 nitrogen and oxygen atoms in total. The molecule has 2 N–H and O–H groups in total. The summed E-state index contributed by atoms with van der Waals surface area (Å²) in [5.74, 6) is 0.771. The minimum atomic E-state index is -0.0627. The Bertz CT molecular complexity index is 466. The van der Waals surface area contributed by atoms with E-state index in [0.717, 1.165) is 19.3 Å². The molecule has 0 unspecified atom stereocenters. The van der Waals surface area contributed by atoms with Crippen LogP contribution in [0, 0.1) is 0 Å². The molecular weight excluding hydrogens is 288 g/mol. The minimum Gasteiger partial charge on any atom is -0.495 e. The van der Waals surface area contributed by atoms with E-state index >= 15 is 0 Å². The van der Waals surface area contributed by atoms with Crippen molar-refractivity contribution in [2.24, 2.45) is 0 Å². The molecule has 0 radical (unpaired) electrons. The van der Waals surface area contributed by atoms with Gasteiger partial charge in [0.1, 0.15) is 5.75 Å². The first-order valence-electron chi connectivity index (χ1n) is 6.97. The average Bonchev–Trinajstić information content (AvgIpc) is 2.50. The lowest BCUT2D eigenvalue weighted by Gasteiger charge is -2.09. The maximum Gasteiger partial charge on any atom is 0.229 e. The van der Waals surface area contributed by atoms with E-state index in [1.807, 2.05) is 18.2 Å². The normalized spacial score (nSPS) is 10.0. The first kappa shape index (κ1) is 17.4.